The molecule has 166 valence electrons. The van der Waals surface area contributed by atoms with Crippen LogP contribution in [0.1, 0.15) is 6.92 Å². The number of carbonyl (C=O) groups is 1. The maximum Gasteiger partial charge on any atom is 0.268 e. The fourth-order valence-electron chi connectivity index (χ4n) is 3.02. The summed E-state index contributed by atoms with van der Waals surface area (Å²) in [7, 11) is -1.21. The van der Waals surface area contributed by atoms with Gasteiger partial charge in [-0.05, 0) is 24.3 Å². The maximum atomic E-state index is 13.0. The maximum absolute atomic E-state index is 13.0. The summed E-state index contributed by atoms with van der Waals surface area (Å²) < 4.78 is 40.2. The molecule has 0 aliphatic heterocycles. The molecule has 0 radical (unpaired) electrons. The number of amides is 1. The van der Waals surface area contributed by atoms with Crippen LogP contribution in [0.15, 0.2) is 52.7 Å². The number of thiazole rings is 1. The van der Waals surface area contributed by atoms with E-state index in [9.17, 15) is 13.2 Å². The number of sulfonamides is 1. The molecule has 0 saturated carbocycles. The molecular formula is C20H19N5O5S2. The quantitative estimate of drug-likeness (QED) is 0.422. The number of methoxy groups -OCH3 is 2. The Morgan fingerprint density at radius 3 is 2.50 bits per heavy atom. The molecule has 2 N–H and O–H groups in total. The minimum Gasteiger partial charge on any atom is -0.497 e. The molecule has 2 aromatic carbocycles. The van der Waals surface area contributed by atoms with Crippen LogP contribution in [-0.4, -0.2) is 43.1 Å². The van der Waals surface area contributed by atoms with Crippen LogP contribution in [0.4, 0.5) is 11.6 Å². The van der Waals surface area contributed by atoms with Crippen molar-refractivity contribution in [2.45, 2.75) is 11.8 Å². The molecule has 0 unspecified atom stereocenters. The van der Waals surface area contributed by atoms with Crippen LogP contribution in [0.25, 0.3) is 16.2 Å². The molecule has 0 fully saturated rings. The van der Waals surface area contributed by atoms with Gasteiger partial charge in [0, 0.05) is 29.6 Å². The minimum atomic E-state index is -4.04. The van der Waals surface area contributed by atoms with Gasteiger partial charge in [0.05, 0.1) is 19.9 Å². The Labute approximate surface area is 187 Å². The number of fused-ring (bicyclic) bond motifs is 1. The van der Waals surface area contributed by atoms with E-state index in [1.165, 1.54) is 44.6 Å². The van der Waals surface area contributed by atoms with Crippen LogP contribution in [0.3, 0.4) is 0 Å². The lowest BCUT2D eigenvalue weighted by atomic mass is 10.1. The van der Waals surface area contributed by atoms with Crippen molar-refractivity contribution in [2.24, 2.45) is 0 Å². The van der Waals surface area contributed by atoms with E-state index in [0.29, 0.717) is 16.4 Å². The summed E-state index contributed by atoms with van der Waals surface area (Å²) in [4.78, 5) is 15.9. The molecule has 0 aliphatic carbocycles. The second-order valence-corrected chi connectivity index (χ2v) is 9.12. The average molecular weight is 474 g/mol. The smallest absolute Gasteiger partial charge is 0.268 e. The van der Waals surface area contributed by atoms with Gasteiger partial charge in [-0.2, -0.15) is 4.98 Å². The molecule has 0 atom stereocenters. The summed E-state index contributed by atoms with van der Waals surface area (Å²) in [6, 6.07) is 11.7. The normalized spacial score (nSPS) is 11.3. The van der Waals surface area contributed by atoms with Crippen molar-refractivity contribution in [3.63, 3.8) is 0 Å². The van der Waals surface area contributed by atoms with Crippen LogP contribution >= 0.6 is 11.3 Å². The Morgan fingerprint density at radius 1 is 1.09 bits per heavy atom. The van der Waals surface area contributed by atoms with Gasteiger partial charge < -0.3 is 14.8 Å². The minimum absolute atomic E-state index is 0.0714. The van der Waals surface area contributed by atoms with Crippen LogP contribution < -0.4 is 19.5 Å². The third kappa shape index (κ3) is 4.22. The first-order valence-corrected chi connectivity index (χ1v) is 11.6. The third-order valence-corrected chi connectivity index (χ3v) is 6.63. The lowest BCUT2D eigenvalue weighted by molar-refractivity contribution is -0.114. The second-order valence-electron chi connectivity index (χ2n) is 6.63. The molecule has 32 heavy (non-hydrogen) atoms. The zero-order chi connectivity index (χ0) is 22.9. The number of ether oxygens (including phenoxy) is 2. The van der Waals surface area contributed by atoms with Crippen LogP contribution in [0.5, 0.6) is 11.5 Å². The zero-order valence-corrected chi connectivity index (χ0v) is 19.0. The van der Waals surface area contributed by atoms with Crippen molar-refractivity contribution in [3.8, 4) is 22.8 Å². The highest BCUT2D eigenvalue weighted by molar-refractivity contribution is 7.92. The Balaban J connectivity index is 1.65. The van der Waals surface area contributed by atoms with Crippen molar-refractivity contribution >= 4 is 43.9 Å². The topological polar surface area (TPSA) is 124 Å². The standard InChI is InChI=1S/C20H19N5O5S2/c1-12(26)21-14-6-4-13(5-7-14)16-11-31-20-22-19(23-25(16)20)24-32(27,28)18-10-15(29-2)8-9-17(18)30-3/h4-11H,1-3H3,(H,21,26)(H,23,24). The van der Waals surface area contributed by atoms with Crippen molar-refractivity contribution < 1.29 is 22.7 Å². The molecule has 2 aromatic heterocycles. The van der Waals surface area contributed by atoms with Gasteiger partial charge in [-0.3, -0.25) is 4.79 Å². The predicted molar refractivity (Wildman–Crippen MR) is 121 cm³/mol. The van der Waals surface area contributed by atoms with Gasteiger partial charge in [0.1, 0.15) is 16.4 Å². The number of anilines is 2. The van der Waals surface area contributed by atoms with Crippen LogP contribution in [0, 0.1) is 0 Å². The summed E-state index contributed by atoms with van der Waals surface area (Å²) >= 11 is 1.32. The van der Waals surface area contributed by atoms with Crippen LogP contribution in [-0.2, 0) is 14.8 Å². The van der Waals surface area contributed by atoms with E-state index in [-0.39, 0.29) is 22.5 Å². The molecule has 0 bridgehead atoms. The molecule has 10 nitrogen and oxygen atoms in total. The molecular weight excluding hydrogens is 454 g/mol. The third-order valence-electron chi connectivity index (χ3n) is 4.47. The largest absolute Gasteiger partial charge is 0.497 e. The monoisotopic (exact) mass is 473 g/mol. The molecule has 4 rings (SSSR count). The molecule has 1 amide bonds. The van der Waals surface area contributed by atoms with Gasteiger partial charge in [0.15, 0.2) is 0 Å². The highest BCUT2D eigenvalue weighted by Crippen LogP contribution is 2.31. The van der Waals surface area contributed by atoms with Gasteiger partial charge in [-0.15, -0.1) is 16.4 Å². The lowest BCUT2D eigenvalue weighted by Gasteiger charge is -2.11. The van der Waals surface area contributed by atoms with Crippen molar-refractivity contribution in [1.82, 2.24) is 14.6 Å². The number of carbonyl (C=O) groups excluding carboxylic acids is 1. The molecule has 12 heteroatoms. The number of hydrogen-bond donors (Lipinski definition) is 2. The van der Waals surface area contributed by atoms with E-state index in [1.807, 2.05) is 17.5 Å². The van der Waals surface area contributed by atoms with E-state index in [4.69, 9.17) is 9.47 Å². The van der Waals surface area contributed by atoms with E-state index in [0.717, 1.165) is 11.3 Å². The second kappa shape index (κ2) is 8.48. The molecule has 0 aliphatic rings. The molecule has 0 spiro atoms. The van der Waals surface area contributed by atoms with E-state index in [2.05, 4.69) is 20.1 Å². The molecule has 2 heterocycles. The number of nitrogens with one attached hydrogen (secondary N) is 2. The number of rotatable bonds is 7. The first kappa shape index (κ1) is 21.6. The van der Waals surface area contributed by atoms with Gasteiger partial charge in [-0.25, -0.2) is 17.7 Å². The first-order valence-electron chi connectivity index (χ1n) is 9.28. The van der Waals surface area contributed by atoms with Crippen molar-refractivity contribution in [2.75, 3.05) is 24.3 Å². The highest BCUT2D eigenvalue weighted by atomic mass is 32.2. The van der Waals surface area contributed by atoms with Crippen molar-refractivity contribution in [1.29, 1.82) is 0 Å². The van der Waals surface area contributed by atoms with E-state index in [1.54, 1.807) is 22.7 Å². The van der Waals surface area contributed by atoms with E-state index < -0.39 is 10.0 Å². The molecule has 0 saturated heterocycles. The number of hydrogen-bond acceptors (Lipinski definition) is 8. The predicted octanol–water partition coefficient (Wildman–Crippen LogP) is 3.23. The summed E-state index contributed by atoms with van der Waals surface area (Å²) in [5, 5.41) is 8.89. The SMILES string of the molecule is COc1ccc(OC)c(S(=O)(=O)Nc2nc3scc(-c4ccc(NC(C)=O)cc4)n3n2)c1. The zero-order valence-electron chi connectivity index (χ0n) is 17.3. The number of nitrogens with zero attached hydrogens (tertiary/aromatic N) is 3. The number of aromatic nitrogens is 3. The Bertz CT molecular complexity index is 1390. The van der Waals surface area contributed by atoms with Crippen LogP contribution in [0.2, 0.25) is 0 Å². The summed E-state index contributed by atoms with van der Waals surface area (Å²) in [6.07, 6.45) is 0. The van der Waals surface area contributed by atoms with Gasteiger partial charge in [0.25, 0.3) is 16.0 Å². The first-order chi connectivity index (χ1) is 15.3. The summed E-state index contributed by atoms with van der Waals surface area (Å²) in [5.41, 5.74) is 2.24. The highest BCUT2D eigenvalue weighted by Gasteiger charge is 2.23. The van der Waals surface area contributed by atoms with Gasteiger partial charge >= 0.3 is 0 Å². The Kier molecular flexibility index (Phi) is 5.72. The fourth-order valence-corrected chi connectivity index (χ4v) is 4.98. The van der Waals surface area contributed by atoms with Gasteiger partial charge in [-0.1, -0.05) is 12.1 Å². The average Bonchev–Trinajstić information content (AvgIpc) is 3.33. The lowest BCUT2D eigenvalue weighted by Crippen LogP contribution is -2.15. The summed E-state index contributed by atoms with van der Waals surface area (Å²) in [5.74, 6) is 0.309. The number of benzene rings is 2. The molecule has 4 aromatic rings. The Morgan fingerprint density at radius 2 is 1.84 bits per heavy atom. The fraction of sp³-hybridized carbons (Fsp3) is 0.150. The van der Waals surface area contributed by atoms with Crippen molar-refractivity contribution in [3.05, 3.63) is 47.8 Å². The Hall–Kier alpha value is -3.64. The summed E-state index contributed by atoms with van der Waals surface area (Å²) in [6.45, 7) is 1.44. The van der Waals surface area contributed by atoms with Gasteiger partial charge in [0.2, 0.25) is 10.9 Å². The van der Waals surface area contributed by atoms with E-state index >= 15 is 0 Å².